The van der Waals surface area contributed by atoms with Crippen LogP contribution < -0.4 is 10.1 Å². The summed E-state index contributed by atoms with van der Waals surface area (Å²) in [6.45, 7) is 9.25. The van der Waals surface area contributed by atoms with Crippen molar-refractivity contribution in [1.82, 2.24) is 5.32 Å². The van der Waals surface area contributed by atoms with E-state index in [1.54, 1.807) is 0 Å². The molecule has 114 valence electrons. The molecule has 1 aromatic carbocycles. The predicted molar refractivity (Wildman–Crippen MR) is 87.4 cm³/mol. The summed E-state index contributed by atoms with van der Waals surface area (Å²) in [7, 11) is 0. The highest BCUT2D eigenvalue weighted by Crippen LogP contribution is 2.23. The molecule has 0 aliphatic carbocycles. The maximum absolute atomic E-state index is 6.03. The molecule has 0 spiro atoms. The van der Waals surface area contributed by atoms with Gasteiger partial charge in [-0.25, -0.2) is 0 Å². The van der Waals surface area contributed by atoms with Crippen LogP contribution in [-0.2, 0) is 6.54 Å². The van der Waals surface area contributed by atoms with Gasteiger partial charge in [0.1, 0.15) is 5.75 Å². The van der Waals surface area contributed by atoms with Crippen molar-refractivity contribution in [3.8, 4) is 5.75 Å². The fraction of sp³-hybridized carbons (Fsp3) is 0.667. The molecule has 0 aromatic heterocycles. The first-order valence-electron chi connectivity index (χ1n) is 8.21. The Bertz CT molecular complexity index is 362. The van der Waals surface area contributed by atoms with Gasteiger partial charge < -0.3 is 10.1 Å². The second kappa shape index (κ2) is 10.7. The zero-order valence-electron chi connectivity index (χ0n) is 13.5. The van der Waals surface area contributed by atoms with Crippen molar-refractivity contribution in [3.63, 3.8) is 0 Å². The summed E-state index contributed by atoms with van der Waals surface area (Å²) in [6, 6.07) is 6.40. The summed E-state index contributed by atoms with van der Waals surface area (Å²) in [5, 5.41) is 3.38. The Hall–Kier alpha value is -1.02. The molecule has 2 heteroatoms. The zero-order chi connectivity index (χ0) is 14.6. The third-order valence-corrected chi connectivity index (χ3v) is 3.60. The second-order valence-corrected chi connectivity index (χ2v) is 5.46. The molecule has 0 atom stereocenters. The van der Waals surface area contributed by atoms with E-state index in [4.69, 9.17) is 4.74 Å². The van der Waals surface area contributed by atoms with E-state index in [2.05, 4.69) is 44.3 Å². The molecule has 0 heterocycles. The van der Waals surface area contributed by atoms with Gasteiger partial charge >= 0.3 is 0 Å². The molecular formula is C18H31NO. The third-order valence-electron chi connectivity index (χ3n) is 3.60. The highest BCUT2D eigenvalue weighted by Gasteiger charge is 2.06. The third kappa shape index (κ3) is 6.42. The van der Waals surface area contributed by atoms with Crippen molar-refractivity contribution in [1.29, 1.82) is 0 Å². The van der Waals surface area contributed by atoms with Gasteiger partial charge in [-0.1, -0.05) is 64.2 Å². The lowest BCUT2D eigenvalue weighted by Gasteiger charge is -2.14. The first kappa shape index (κ1) is 17.0. The van der Waals surface area contributed by atoms with Gasteiger partial charge in [-0.3, -0.25) is 0 Å². The molecule has 0 aliphatic heterocycles. The molecule has 0 fully saturated rings. The number of unbranched alkanes of at least 4 members (excludes halogenated alkanes) is 5. The molecule has 1 N–H and O–H groups in total. The number of ether oxygens (including phenoxy) is 1. The van der Waals surface area contributed by atoms with Crippen molar-refractivity contribution in [3.05, 3.63) is 29.3 Å². The van der Waals surface area contributed by atoms with Crippen LogP contribution in [0, 0.1) is 6.92 Å². The van der Waals surface area contributed by atoms with E-state index in [-0.39, 0.29) is 0 Å². The molecule has 20 heavy (non-hydrogen) atoms. The average molecular weight is 277 g/mol. The molecule has 0 unspecified atom stereocenters. The Morgan fingerprint density at radius 2 is 1.75 bits per heavy atom. The lowest BCUT2D eigenvalue weighted by molar-refractivity contribution is 0.299. The average Bonchev–Trinajstić information content (AvgIpc) is 2.46. The summed E-state index contributed by atoms with van der Waals surface area (Å²) < 4.78 is 6.03. The summed E-state index contributed by atoms with van der Waals surface area (Å²) in [5.74, 6) is 1.09. The minimum Gasteiger partial charge on any atom is -0.493 e. The first-order chi connectivity index (χ1) is 9.79. The Labute approximate surface area is 124 Å². The summed E-state index contributed by atoms with van der Waals surface area (Å²) in [4.78, 5) is 0. The van der Waals surface area contributed by atoms with Crippen molar-refractivity contribution < 1.29 is 4.74 Å². The Morgan fingerprint density at radius 3 is 2.50 bits per heavy atom. The minimum atomic E-state index is 0.843. The maximum atomic E-state index is 6.03. The number of rotatable bonds is 11. The number of para-hydroxylation sites is 1. The van der Waals surface area contributed by atoms with Crippen LogP contribution in [0.4, 0.5) is 0 Å². The molecule has 0 saturated carbocycles. The Kier molecular flexibility index (Phi) is 9.14. The number of hydrogen-bond donors (Lipinski definition) is 1. The zero-order valence-corrected chi connectivity index (χ0v) is 13.5. The van der Waals surface area contributed by atoms with E-state index in [1.165, 1.54) is 49.7 Å². The Morgan fingerprint density at radius 1 is 1.00 bits per heavy atom. The van der Waals surface area contributed by atoms with E-state index in [0.29, 0.717) is 0 Å². The normalized spacial score (nSPS) is 10.8. The number of nitrogens with one attached hydrogen (secondary N) is 1. The van der Waals surface area contributed by atoms with Gasteiger partial charge in [0.05, 0.1) is 6.61 Å². The van der Waals surface area contributed by atoms with Crippen LogP contribution in [0.5, 0.6) is 5.75 Å². The smallest absolute Gasteiger partial charge is 0.126 e. The van der Waals surface area contributed by atoms with E-state index >= 15 is 0 Å². The largest absolute Gasteiger partial charge is 0.493 e. The van der Waals surface area contributed by atoms with E-state index < -0.39 is 0 Å². The molecule has 0 saturated heterocycles. The van der Waals surface area contributed by atoms with Gasteiger partial charge in [0, 0.05) is 12.1 Å². The highest BCUT2D eigenvalue weighted by atomic mass is 16.5. The summed E-state index contributed by atoms with van der Waals surface area (Å²) in [6.07, 6.45) is 7.84. The standard InChI is InChI=1S/C18H31NO/c1-4-6-7-8-9-10-14-20-18-16(3)12-11-13-17(18)15-19-5-2/h11-13,19H,4-10,14-15H2,1-3H3. The molecule has 1 rings (SSSR count). The maximum Gasteiger partial charge on any atom is 0.126 e. The quantitative estimate of drug-likeness (QED) is 0.584. The highest BCUT2D eigenvalue weighted by molar-refractivity contribution is 5.40. The molecule has 0 aliphatic rings. The SMILES string of the molecule is CCCCCCCCOc1c(C)cccc1CNCC. The molecule has 0 bridgehead atoms. The second-order valence-electron chi connectivity index (χ2n) is 5.46. The molecular weight excluding hydrogens is 246 g/mol. The van der Waals surface area contributed by atoms with Gasteiger partial charge in [-0.15, -0.1) is 0 Å². The predicted octanol–water partition coefficient (Wildman–Crippen LogP) is 4.84. The first-order valence-corrected chi connectivity index (χ1v) is 8.21. The van der Waals surface area contributed by atoms with Crippen LogP contribution in [0.1, 0.15) is 63.5 Å². The van der Waals surface area contributed by atoms with Crippen LogP contribution in [0.2, 0.25) is 0 Å². The van der Waals surface area contributed by atoms with E-state index in [9.17, 15) is 0 Å². The number of benzene rings is 1. The van der Waals surface area contributed by atoms with Crippen LogP contribution in [0.3, 0.4) is 0 Å². The van der Waals surface area contributed by atoms with Crippen molar-refractivity contribution in [2.45, 2.75) is 65.8 Å². The van der Waals surface area contributed by atoms with Gasteiger partial charge in [-0.2, -0.15) is 0 Å². The fourth-order valence-corrected chi connectivity index (χ4v) is 2.38. The lowest BCUT2D eigenvalue weighted by Crippen LogP contribution is -2.13. The Balaban J connectivity index is 2.34. The lowest BCUT2D eigenvalue weighted by atomic mass is 10.1. The van der Waals surface area contributed by atoms with Crippen LogP contribution in [0.15, 0.2) is 18.2 Å². The minimum absolute atomic E-state index is 0.843. The van der Waals surface area contributed by atoms with Crippen LogP contribution in [0.25, 0.3) is 0 Å². The molecule has 0 amide bonds. The summed E-state index contributed by atoms with van der Waals surface area (Å²) in [5.41, 5.74) is 2.52. The van der Waals surface area contributed by atoms with Gasteiger partial charge in [0.15, 0.2) is 0 Å². The van der Waals surface area contributed by atoms with Gasteiger partial charge in [0.25, 0.3) is 0 Å². The van der Waals surface area contributed by atoms with Gasteiger partial charge in [0.2, 0.25) is 0 Å². The van der Waals surface area contributed by atoms with Crippen LogP contribution in [-0.4, -0.2) is 13.2 Å². The summed E-state index contributed by atoms with van der Waals surface area (Å²) >= 11 is 0. The fourth-order valence-electron chi connectivity index (χ4n) is 2.38. The van der Waals surface area contributed by atoms with E-state index in [0.717, 1.165) is 25.4 Å². The van der Waals surface area contributed by atoms with Crippen molar-refractivity contribution >= 4 is 0 Å². The molecule has 2 nitrogen and oxygen atoms in total. The monoisotopic (exact) mass is 277 g/mol. The van der Waals surface area contributed by atoms with Crippen molar-refractivity contribution in [2.75, 3.05) is 13.2 Å². The van der Waals surface area contributed by atoms with Crippen molar-refractivity contribution in [2.24, 2.45) is 0 Å². The number of hydrogen-bond acceptors (Lipinski definition) is 2. The topological polar surface area (TPSA) is 21.3 Å². The van der Waals surface area contributed by atoms with Crippen LogP contribution >= 0.6 is 0 Å². The van der Waals surface area contributed by atoms with E-state index in [1.807, 2.05) is 0 Å². The number of aryl methyl sites for hydroxylation is 1. The molecule has 0 radical (unpaired) electrons. The van der Waals surface area contributed by atoms with Gasteiger partial charge in [-0.05, 0) is 25.5 Å². The molecule has 1 aromatic rings.